The molecule has 0 unspecified atom stereocenters. The molecule has 0 N–H and O–H groups in total. The predicted octanol–water partition coefficient (Wildman–Crippen LogP) is 5.93. The van der Waals surface area contributed by atoms with Crippen molar-refractivity contribution in [3.8, 4) is 23.0 Å². The Morgan fingerprint density at radius 1 is 0.583 bits per heavy atom. The van der Waals surface area contributed by atoms with E-state index in [0.29, 0.717) is 23.7 Å². The Morgan fingerprint density at radius 3 is 1.52 bits per heavy atom. The summed E-state index contributed by atoms with van der Waals surface area (Å²) in [4.78, 5) is 60.0. The van der Waals surface area contributed by atoms with Crippen LogP contribution in [0.1, 0.15) is 36.6 Å². The van der Waals surface area contributed by atoms with E-state index in [1.54, 1.807) is 36.4 Å². The Morgan fingerprint density at radius 2 is 1.04 bits per heavy atom. The summed E-state index contributed by atoms with van der Waals surface area (Å²) in [5, 5.41) is 0. The van der Waals surface area contributed by atoms with Gasteiger partial charge in [0.25, 0.3) is 0 Å². The van der Waals surface area contributed by atoms with Gasteiger partial charge in [-0.3, -0.25) is 9.59 Å². The van der Waals surface area contributed by atoms with Gasteiger partial charge in [-0.2, -0.15) is 0 Å². The minimum atomic E-state index is -0.933. The quantitative estimate of drug-likeness (QED) is 0.0815. The molecular weight excluding hydrogens is 623 g/mol. The van der Waals surface area contributed by atoms with E-state index in [-0.39, 0.29) is 53.8 Å². The molecule has 244 valence electrons. The highest BCUT2D eigenvalue weighted by Gasteiger charge is 2.17. The summed E-state index contributed by atoms with van der Waals surface area (Å²) < 4.78 is 41.1. The van der Waals surface area contributed by atoms with Crippen LogP contribution in [0.15, 0.2) is 116 Å². The largest absolute Gasteiger partial charge is 0.485 e. The molecule has 11 heteroatoms. The Labute approximate surface area is 275 Å². The zero-order valence-electron chi connectivity index (χ0n) is 25.5. The molecule has 0 aliphatic rings. The zero-order chi connectivity index (χ0) is 34.5. The number of benzene rings is 4. The zero-order valence-corrected chi connectivity index (χ0v) is 25.5. The van der Waals surface area contributed by atoms with Crippen molar-refractivity contribution >= 4 is 29.5 Å². The maximum Gasteiger partial charge on any atom is 0.343 e. The van der Waals surface area contributed by atoms with Crippen LogP contribution in [-0.2, 0) is 20.7 Å². The van der Waals surface area contributed by atoms with Gasteiger partial charge in [-0.25, -0.2) is 18.8 Å². The Bertz CT molecular complexity index is 1810. The van der Waals surface area contributed by atoms with Crippen molar-refractivity contribution in [1.29, 1.82) is 0 Å². The first-order chi connectivity index (χ1) is 23.1. The van der Waals surface area contributed by atoms with E-state index in [1.165, 1.54) is 42.5 Å². The summed E-state index contributed by atoms with van der Waals surface area (Å²) in [5.41, 5.74) is 0.871. The van der Waals surface area contributed by atoms with Crippen molar-refractivity contribution < 1.29 is 52.0 Å². The van der Waals surface area contributed by atoms with Gasteiger partial charge in [0.15, 0.2) is 24.8 Å². The van der Waals surface area contributed by atoms with Crippen LogP contribution in [0.4, 0.5) is 4.39 Å². The van der Waals surface area contributed by atoms with E-state index >= 15 is 0 Å². The normalized spacial score (nSPS) is 10.3. The molecule has 0 saturated heterocycles. The smallest absolute Gasteiger partial charge is 0.343 e. The Hall–Kier alpha value is -6.36. The summed E-state index contributed by atoms with van der Waals surface area (Å²) in [7, 11) is 0. The van der Waals surface area contributed by atoms with Crippen LogP contribution in [-0.4, -0.2) is 49.3 Å². The van der Waals surface area contributed by atoms with E-state index in [4.69, 9.17) is 23.7 Å². The Balaban J connectivity index is 1.22. The second-order valence-electron chi connectivity index (χ2n) is 9.92. The fraction of sp³-hybridized carbons (Fsp3) is 0.108. The summed E-state index contributed by atoms with van der Waals surface area (Å²) >= 11 is 0. The highest BCUT2D eigenvalue weighted by Crippen LogP contribution is 2.21. The molecule has 0 heterocycles. The molecule has 0 aromatic heterocycles. The average Bonchev–Trinajstić information content (AvgIpc) is 3.10. The van der Waals surface area contributed by atoms with Gasteiger partial charge in [0.1, 0.15) is 28.8 Å². The summed E-state index contributed by atoms with van der Waals surface area (Å²) in [5.74, 6) is -2.80. The molecular formula is C37H29FO10. The maximum absolute atomic E-state index is 14.7. The number of hydrogen-bond acceptors (Lipinski definition) is 10. The fourth-order valence-electron chi connectivity index (χ4n) is 3.92. The van der Waals surface area contributed by atoms with Crippen LogP contribution < -0.4 is 18.9 Å². The lowest BCUT2D eigenvalue weighted by molar-refractivity contribution is -0.117. The number of ether oxygens (including phenoxy) is 5. The molecule has 4 rings (SSSR count). The number of carbonyl (C=O) groups is 5. The highest BCUT2D eigenvalue weighted by molar-refractivity contribution is 5.93. The van der Waals surface area contributed by atoms with Gasteiger partial charge in [-0.1, -0.05) is 25.3 Å². The monoisotopic (exact) mass is 652 g/mol. The number of carbonyl (C=O) groups excluding carboxylic acids is 5. The highest BCUT2D eigenvalue weighted by atomic mass is 19.1. The number of ketones is 2. The number of halogens is 1. The van der Waals surface area contributed by atoms with Crippen molar-refractivity contribution in [3.63, 3.8) is 0 Å². The van der Waals surface area contributed by atoms with Crippen LogP contribution in [0, 0.1) is 5.82 Å². The van der Waals surface area contributed by atoms with E-state index in [1.807, 2.05) is 0 Å². The van der Waals surface area contributed by atoms with Crippen molar-refractivity contribution in [2.45, 2.75) is 6.42 Å². The molecule has 48 heavy (non-hydrogen) atoms. The van der Waals surface area contributed by atoms with Gasteiger partial charge in [-0.05, 0) is 90.5 Å². The molecule has 4 aromatic rings. The average molecular weight is 653 g/mol. The molecule has 0 amide bonds. The second-order valence-corrected chi connectivity index (χ2v) is 9.92. The lowest BCUT2D eigenvalue weighted by atomic mass is 10.1. The van der Waals surface area contributed by atoms with Crippen LogP contribution in [0.3, 0.4) is 0 Å². The Kier molecular flexibility index (Phi) is 12.1. The predicted molar refractivity (Wildman–Crippen MR) is 171 cm³/mol. The molecule has 0 saturated carbocycles. The third kappa shape index (κ3) is 10.1. The molecule has 0 radical (unpaired) electrons. The van der Waals surface area contributed by atoms with Crippen molar-refractivity contribution in [3.05, 3.63) is 144 Å². The van der Waals surface area contributed by atoms with Gasteiger partial charge in [0.05, 0.1) is 23.3 Å². The van der Waals surface area contributed by atoms with Gasteiger partial charge >= 0.3 is 17.9 Å². The van der Waals surface area contributed by atoms with Gasteiger partial charge < -0.3 is 23.7 Å². The minimum absolute atomic E-state index is 0.0532. The maximum atomic E-state index is 14.7. The summed E-state index contributed by atoms with van der Waals surface area (Å²) in [6.45, 7) is 6.34. The van der Waals surface area contributed by atoms with Gasteiger partial charge in [0.2, 0.25) is 0 Å². The van der Waals surface area contributed by atoms with Gasteiger partial charge in [-0.15, -0.1) is 0 Å². The van der Waals surface area contributed by atoms with Crippen molar-refractivity contribution in [1.82, 2.24) is 0 Å². The molecule has 0 fully saturated rings. The number of esters is 3. The topological polar surface area (TPSA) is 132 Å². The summed E-state index contributed by atoms with van der Waals surface area (Å²) in [6, 6.07) is 21.8. The van der Waals surface area contributed by atoms with Crippen molar-refractivity contribution in [2.75, 3.05) is 19.8 Å². The van der Waals surface area contributed by atoms with E-state index in [9.17, 15) is 28.4 Å². The summed E-state index contributed by atoms with van der Waals surface area (Å²) in [6.07, 6.45) is 2.61. The lowest BCUT2D eigenvalue weighted by Crippen LogP contribution is -2.12. The minimum Gasteiger partial charge on any atom is -0.485 e. The molecule has 10 nitrogen and oxygen atoms in total. The van der Waals surface area contributed by atoms with Crippen LogP contribution in [0.2, 0.25) is 0 Å². The first kappa shape index (κ1) is 34.5. The standard InChI is InChI=1S/C37H29FO10/c1-3-27(39)22-45-29-13-7-25(8-14-29)35(41)47-31-11-5-24(6-12-31)19-20-44-37(43)33-18-17-32(21-34(33)38)48-36(42)26-9-15-30(16-10-26)46-23-28(40)4-2/h3-18,21H,1-2,19-20,22-23H2. The molecule has 0 aliphatic heterocycles. The van der Waals surface area contributed by atoms with Crippen LogP contribution in [0.25, 0.3) is 0 Å². The molecule has 0 atom stereocenters. The number of rotatable bonds is 16. The third-order valence-corrected chi connectivity index (χ3v) is 6.53. The van der Waals surface area contributed by atoms with Crippen LogP contribution in [0.5, 0.6) is 23.0 Å². The molecule has 4 aromatic carbocycles. The second kappa shape index (κ2) is 16.8. The SMILES string of the molecule is C=CC(=O)COc1ccc(C(=O)Oc2ccc(CCOC(=O)c3ccc(OC(=O)c4ccc(OCC(=O)C=C)cc4)cc3F)cc2)cc1. The molecule has 0 bridgehead atoms. The van der Waals surface area contributed by atoms with Crippen LogP contribution >= 0.6 is 0 Å². The number of hydrogen-bond donors (Lipinski definition) is 0. The molecule has 0 spiro atoms. The lowest BCUT2D eigenvalue weighted by Gasteiger charge is -2.09. The molecule has 0 aliphatic carbocycles. The van der Waals surface area contributed by atoms with E-state index < -0.39 is 23.7 Å². The van der Waals surface area contributed by atoms with Gasteiger partial charge in [0, 0.05) is 12.5 Å². The first-order valence-corrected chi connectivity index (χ1v) is 14.4. The van der Waals surface area contributed by atoms with Crippen molar-refractivity contribution in [2.24, 2.45) is 0 Å². The third-order valence-electron chi connectivity index (χ3n) is 6.53. The first-order valence-electron chi connectivity index (χ1n) is 14.4. The fourth-order valence-corrected chi connectivity index (χ4v) is 3.92. The van der Waals surface area contributed by atoms with E-state index in [0.717, 1.165) is 29.8 Å². The van der Waals surface area contributed by atoms with E-state index in [2.05, 4.69) is 13.2 Å².